The third-order valence-electron chi connectivity index (χ3n) is 3.50. The molecule has 1 unspecified atom stereocenters. The van der Waals surface area contributed by atoms with Crippen molar-refractivity contribution < 1.29 is 19.5 Å². The quantitative estimate of drug-likeness (QED) is 0.796. The average Bonchev–Trinajstić information content (AvgIpc) is 2.60. The zero-order chi connectivity index (χ0) is 18.2. The SMILES string of the molecule is C[C@@H](NC(=O)Cc1ccccc1)C(=O)SC(C(=O)O)c1ccccc1. The van der Waals surface area contributed by atoms with E-state index in [4.69, 9.17) is 0 Å². The van der Waals surface area contributed by atoms with Crippen molar-refractivity contribution in [1.29, 1.82) is 0 Å². The lowest BCUT2D eigenvalue weighted by Gasteiger charge is -2.16. The predicted molar refractivity (Wildman–Crippen MR) is 97.2 cm³/mol. The van der Waals surface area contributed by atoms with Gasteiger partial charge in [0.1, 0.15) is 5.25 Å². The fraction of sp³-hybridized carbons (Fsp3) is 0.211. The van der Waals surface area contributed by atoms with Crippen molar-refractivity contribution in [2.45, 2.75) is 24.6 Å². The number of carbonyl (C=O) groups is 3. The summed E-state index contributed by atoms with van der Waals surface area (Å²) in [7, 11) is 0. The Morgan fingerprint density at radius 3 is 2.12 bits per heavy atom. The zero-order valence-corrected chi connectivity index (χ0v) is 14.5. The first-order valence-corrected chi connectivity index (χ1v) is 8.67. The van der Waals surface area contributed by atoms with Crippen LogP contribution in [0.5, 0.6) is 0 Å². The van der Waals surface area contributed by atoms with Gasteiger partial charge in [0.2, 0.25) is 11.0 Å². The molecule has 0 spiro atoms. The Kier molecular flexibility index (Phi) is 6.77. The smallest absolute Gasteiger partial charge is 0.321 e. The topological polar surface area (TPSA) is 83.5 Å². The highest BCUT2D eigenvalue weighted by atomic mass is 32.2. The normalized spacial score (nSPS) is 12.8. The Morgan fingerprint density at radius 2 is 1.56 bits per heavy atom. The molecule has 5 nitrogen and oxygen atoms in total. The molecule has 0 saturated carbocycles. The third kappa shape index (κ3) is 5.76. The van der Waals surface area contributed by atoms with E-state index < -0.39 is 22.4 Å². The van der Waals surface area contributed by atoms with Crippen molar-refractivity contribution in [2.75, 3.05) is 0 Å². The van der Waals surface area contributed by atoms with E-state index in [2.05, 4.69) is 5.32 Å². The molecule has 0 aliphatic rings. The van der Waals surface area contributed by atoms with Crippen LogP contribution in [-0.4, -0.2) is 28.1 Å². The van der Waals surface area contributed by atoms with Gasteiger partial charge in [-0.3, -0.25) is 14.4 Å². The molecule has 2 rings (SSSR count). The van der Waals surface area contributed by atoms with Crippen LogP contribution in [-0.2, 0) is 20.8 Å². The minimum atomic E-state index is -1.09. The molecule has 0 saturated heterocycles. The maximum absolute atomic E-state index is 12.3. The Morgan fingerprint density at radius 1 is 1.00 bits per heavy atom. The summed E-state index contributed by atoms with van der Waals surface area (Å²) in [6.07, 6.45) is 0.171. The maximum Gasteiger partial charge on any atom is 0.321 e. The van der Waals surface area contributed by atoms with Crippen LogP contribution >= 0.6 is 11.8 Å². The average molecular weight is 357 g/mol. The molecule has 25 heavy (non-hydrogen) atoms. The largest absolute Gasteiger partial charge is 0.480 e. The Balaban J connectivity index is 1.94. The summed E-state index contributed by atoms with van der Waals surface area (Å²) in [5.74, 6) is -1.37. The predicted octanol–water partition coefficient (Wildman–Crippen LogP) is 2.82. The minimum absolute atomic E-state index is 0.171. The van der Waals surface area contributed by atoms with Gasteiger partial charge in [-0.1, -0.05) is 72.4 Å². The molecular weight excluding hydrogens is 338 g/mol. The summed E-state index contributed by atoms with van der Waals surface area (Å²) in [5, 5.41) is 10.6. The fourth-order valence-electron chi connectivity index (χ4n) is 2.24. The highest BCUT2D eigenvalue weighted by Crippen LogP contribution is 2.30. The van der Waals surface area contributed by atoms with Crippen molar-refractivity contribution in [2.24, 2.45) is 0 Å². The molecule has 0 heterocycles. The van der Waals surface area contributed by atoms with Crippen LogP contribution in [0.2, 0.25) is 0 Å². The van der Waals surface area contributed by atoms with Gasteiger partial charge in [0.05, 0.1) is 12.5 Å². The number of carbonyl (C=O) groups excluding carboxylic acids is 2. The van der Waals surface area contributed by atoms with Crippen LogP contribution in [0.1, 0.15) is 23.3 Å². The van der Waals surface area contributed by atoms with Gasteiger partial charge < -0.3 is 10.4 Å². The van der Waals surface area contributed by atoms with Crippen molar-refractivity contribution in [3.63, 3.8) is 0 Å². The van der Waals surface area contributed by atoms with Crippen molar-refractivity contribution in [3.8, 4) is 0 Å². The van der Waals surface area contributed by atoms with Crippen LogP contribution in [0, 0.1) is 0 Å². The van der Waals surface area contributed by atoms with Crippen LogP contribution in [0.4, 0.5) is 0 Å². The van der Waals surface area contributed by atoms with Gasteiger partial charge in [-0.05, 0) is 18.1 Å². The van der Waals surface area contributed by atoms with Crippen LogP contribution in [0.25, 0.3) is 0 Å². The molecule has 2 atom stereocenters. The van der Waals surface area contributed by atoms with E-state index in [9.17, 15) is 19.5 Å². The second-order valence-corrected chi connectivity index (χ2v) is 6.63. The molecule has 0 aliphatic carbocycles. The number of hydrogen-bond donors (Lipinski definition) is 2. The zero-order valence-electron chi connectivity index (χ0n) is 13.7. The van der Waals surface area contributed by atoms with Crippen molar-refractivity contribution in [1.82, 2.24) is 5.32 Å². The molecule has 6 heteroatoms. The number of carboxylic acid groups (broad SMARTS) is 1. The second-order valence-electron chi connectivity index (χ2n) is 5.52. The van der Waals surface area contributed by atoms with Crippen molar-refractivity contribution in [3.05, 3.63) is 71.8 Å². The number of benzene rings is 2. The summed E-state index contributed by atoms with van der Waals surface area (Å²) >= 11 is 0.709. The van der Waals surface area contributed by atoms with E-state index in [1.54, 1.807) is 37.3 Å². The van der Waals surface area contributed by atoms with Gasteiger partial charge in [-0.25, -0.2) is 0 Å². The Labute approximate surface area is 150 Å². The van der Waals surface area contributed by atoms with E-state index in [0.29, 0.717) is 17.3 Å². The molecule has 0 fully saturated rings. The van der Waals surface area contributed by atoms with Crippen molar-refractivity contribution >= 4 is 28.8 Å². The first-order chi connectivity index (χ1) is 12.0. The number of thioether (sulfide) groups is 1. The van der Waals surface area contributed by atoms with E-state index in [1.165, 1.54) is 0 Å². The molecule has 2 aromatic rings. The molecule has 2 N–H and O–H groups in total. The molecule has 130 valence electrons. The van der Waals surface area contributed by atoms with Gasteiger partial charge in [-0.2, -0.15) is 0 Å². The first kappa shape index (κ1) is 18.7. The molecule has 1 amide bonds. The monoisotopic (exact) mass is 357 g/mol. The summed E-state index contributed by atoms with van der Waals surface area (Å²) in [6.45, 7) is 1.56. The van der Waals surface area contributed by atoms with Gasteiger partial charge in [0, 0.05) is 0 Å². The minimum Gasteiger partial charge on any atom is -0.480 e. The Bertz CT molecular complexity index is 734. The van der Waals surface area contributed by atoms with Crippen LogP contribution in [0.15, 0.2) is 60.7 Å². The molecule has 0 bridgehead atoms. The number of carboxylic acids is 1. The van der Waals surface area contributed by atoms with Gasteiger partial charge in [0.15, 0.2) is 0 Å². The van der Waals surface area contributed by atoms with E-state index >= 15 is 0 Å². The molecular formula is C19H19NO4S. The Hall–Kier alpha value is -2.60. The number of aliphatic carboxylic acids is 1. The maximum atomic E-state index is 12.3. The molecule has 0 aliphatic heterocycles. The highest BCUT2D eigenvalue weighted by Gasteiger charge is 2.27. The van der Waals surface area contributed by atoms with E-state index in [0.717, 1.165) is 5.56 Å². The highest BCUT2D eigenvalue weighted by molar-refractivity contribution is 8.14. The van der Waals surface area contributed by atoms with Crippen LogP contribution in [0.3, 0.4) is 0 Å². The lowest BCUT2D eigenvalue weighted by Crippen LogP contribution is -2.38. The van der Waals surface area contributed by atoms with Gasteiger partial charge >= 0.3 is 5.97 Å². The summed E-state index contributed by atoms with van der Waals surface area (Å²) in [5.41, 5.74) is 1.39. The summed E-state index contributed by atoms with van der Waals surface area (Å²) in [6, 6.07) is 17.0. The number of hydrogen-bond acceptors (Lipinski definition) is 4. The standard InChI is InChI=1S/C19H19NO4S/c1-13(20-16(21)12-14-8-4-2-5-9-14)19(24)25-17(18(22)23)15-10-6-3-7-11-15/h2-11,13,17H,12H2,1H3,(H,20,21)(H,22,23)/t13-,17?/m1/s1. The number of amides is 1. The molecule has 0 radical (unpaired) electrons. The third-order valence-corrected chi connectivity index (χ3v) is 4.79. The lowest BCUT2D eigenvalue weighted by atomic mass is 10.1. The van der Waals surface area contributed by atoms with Gasteiger partial charge in [-0.15, -0.1) is 0 Å². The molecule has 0 aromatic heterocycles. The van der Waals surface area contributed by atoms with Crippen LogP contribution < -0.4 is 5.32 Å². The molecule has 2 aromatic carbocycles. The first-order valence-electron chi connectivity index (χ1n) is 7.79. The van der Waals surface area contributed by atoms with E-state index in [-0.39, 0.29) is 12.3 Å². The van der Waals surface area contributed by atoms with Gasteiger partial charge in [0.25, 0.3) is 0 Å². The lowest BCUT2D eigenvalue weighted by molar-refractivity contribution is -0.136. The number of nitrogens with one attached hydrogen (secondary N) is 1. The fourth-order valence-corrected chi connectivity index (χ4v) is 3.13. The summed E-state index contributed by atoms with van der Waals surface area (Å²) in [4.78, 5) is 35.8. The number of rotatable bonds is 7. The summed E-state index contributed by atoms with van der Waals surface area (Å²) < 4.78 is 0. The second kappa shape index (κ2) is 9.03. The van der Waals surface area contributed by atoms with E-state index in [1.807, 2.05) is 30.3 Å².